The van der Waals surface area contributed by atoms with Crippen LogP contribution >= 0.6 is 0 Å². The van der Waals surface area contributed by atoms with Crippen LogP contribution in [0, 0.1) is 0 Å². The molecule has 0 aromatic carbocycles. The first-order chi connectivity index (χ1) is 7.81. The molecule has 0 fully saturated rings. The molecule has 0 bridgehead atoms. The maximum absolute atomic E-state index is 5.97. The lowest BCUT2D eigenvalue weighted by atomic mass is 10.1. The fourth-order valence-corrected chi connectivity index (χ4v) is 1.63. The van der Waals surface area contributed by atoms with E-state index in [0.717, 1.165) is 24.2 Å². The number of aromatic nitrogens is 3. The summed E-state index contributed by atoms with van der Waals surface area (Å²) < 4.78 is 1.91. The Bertz CT molecular complexity index is 436. The van der Waals surface area contributed by atoms with Crippen LogP contribution in [0.4, 0.5) is 0 Å². The van der Waals surface area contributed by atoms with Crippen molar-refractivity contribution in [3.63, 3.8) is 0 Å². The summed E-state index contributed by atoms with van der Waals surface area (Å²) in [6.07, 6.45) is 9.00. The lowest BCUT2D eigenvalue weighted by molar-refractivity contribution is 0.642. The molecule has 0 amide bonds. The molecule has 0 aliphatic rings. The van der Waals surface area contributed by atoms with Crippen LogP contribution in [-0.2, 0) is 6.42 Å². The SMILES string of the molecule is CCC(N)Cc1cccnc1-n1ccnc1. The van der Waals surface area contributed by atoms with E-state index in [2.05, 4.69) is 23.0 Å². The Morgan fingerprint density at radius 1 is 1.44 bits per heavy atom. The van der Waals surface area contributed by atoms with Crippen molar-refractivity contribution in [2.24, 2.45) is 5.73 Å². The molecule has 0 saturated heterocycles. The van der Waals surface area contributed by atoms with E-state index in [1.807, 2.05) is 16.8 Å². The molecule has 1 atom stereocenters. The summed E-state index contributed by atoms with van der Waals surface area (Å²) in [5.74, 6) is 0.920. The van der Waals surface area contributed by atoms with Gasteiger partial charge in [-0.3, -0.25) is 4.57 Å². The molecule has 1 unspecified atom stereocenters. The third kappa shape index (κ3) is 2.28. The molecule has 0 radical (unpaired) electrons. The Morgan fingerprint density at radius 2 is 2.31 bits per heavy atom. The molecular formula is C12H16N4. The molecule has 0 aliphatic heterocycles. The van der Waals surface area contributed by atoms with Crippen molar-refractivity contribution in [1.29, 1.82) is 0 Å². The summed E-state index contributed by atoms with van der Waals surface area (Å²) in [5, 5.41) is 0. The van der Waals surface area contributed by atoms with E-state index in [1.54, 1.807) is 18.7 Å². The van der Waals surface area contributed by atoms with Gasteiger partial charge in [-0.15, -0.1) is 0 Å². The summed E-state index contributed by atoms with van der Waals surface area (Å²) in [7, 11) is 0. The van der Waals surface area contributed by atoms with Crippen molar-refractivity contribution >= 4 is 0 Å². The predicted molar refractivity (Wildman–Crippen MR) is 63.3 cm³/mol. The molecule has 2 N–H and O–H groups in total. The van der Waals surface area contributed by atoms with E-state index in [0.29, 0.717) is 0 Å². The molecule has 0 spiro atoms. The average molecular weight is 216 g/mol. The zero-order chi connectivity index (χ0) is 11.4. The van der Waals surface area contributed by atoms with E-state index in [4.69, 9.17) is 5.73 Å². The summed E-state index contributed by atoms with van der Waals surface area (Å²) in [6, 6.07) is 4.20. The quantitative estimate of drug-likeness (QED) is 0.843. The molecule has 4 nitrogen and oxygen atoms in total. The van der Waals surface area contributed by atoms with Gasteiger partial charge in [0, 0.05) is 24.6 Å². The van der Waals surface area contributed by atoms with Crippen LogP contribution in [0.1, 0.15) is 18.9 Å². The number of hydrogen-bond acceptors (Lipinski definition) is 3. The molecule has 2 aromatic rings. The second kappa shape index (κ2) is 4.90. The van der Waals surface area contributed by atoms with Crippen molar-refractivity contribution in [2.45, 2.75) is 25.8 Å². The van der Waals surface area contributed by atoms with E-state index in [-0.39, 0.29) is 6.04 Å². The van der Waals surface area contributed by atoms with Gasteiger partial charge in [-0.2, -0.15) is 0 Å². The summed E-state index contributed by atoms with van der Waals surface area (Å²) in [4.78, 5) is 8.41. The lowest BCUT2D eigenvalue weighted by Gasteiger charge is -2.12. The summed E-state index contributed by atoms with van der Waals surface area (Å²) in [6.45, 7) is 2.10. The van der Waals surface area contributed by atoms with Gasteiger partial charge in [0.1, 0.15) is 12.1 Å². The topological polar surface area (TPSA) is 56.7 Å². The van der Waals surface area contributed by atoms with Gasteiger partial charge < -0.3 is 5.73 Å². The number of rotatable bonds is 4. The molecule has 16 heavy (non-hydrogen) atoms. The van der Waals surface area contributed by atoms with Gasteiger partial charge in [0.05, 0.1) is 0 Å². The average Bonchev–Trinajstić information content (AvgIpc) is 2.83. The molecule has 0 saturated carbocycles. The van der Waals surface area contributed by atoms with E-state index >= 15 is 0 Å². The Morgan fingerprint density at radius 3 is 3.00 bits per heavy atom. The highest BCUT2D eigenvalue weighted by molar-refractivity contribution is 5.34. The van der Waals surface area contributed by atoms with Crippen LogP contribution < -0.4 is 5.73 Å². The zero-order valence-corrected chi connectivity index (χ0v) is 9.37. The molecule has 2 aromatic heterocycles. The van der Waals surface area contributed by atoms with Gasteiger partial charge in [-0.25, -0.2) is 9.97 Å². The van der Waals surface area contributed by atoms with Crippen molar-refractivity contribution in [2.75, 3.05) is 0 Å². The third-order valence-corrected chi connectivity index (χ3v) is 2.62. The van der Waals surface area contributed by atoms with E-state index in [9.17, 15) is 0 Å². The number of nitrogens with zero attached hydrogens (tertiary/aromatic N) is 3. The van der Waals surface area contributed by atoms with Crippen molar-refractivity contribution in [1.82, 2.24) is 14.5 Å². The van der Waals surface area contributed by atoms with E-state index < -0.39 is 0 Å². The van der Waals surface area contributed by atoms with Gasteiger partial charge in [0.15, 0.2) is 0 Å². The predicted octanol–water partition coefficient (Wildman–Crippen LogP) is 1.55. The maximum atomic E-state index is 5.97. The number of pyridine rings is 1. The first-order valence-corrected chi connectivity index (χ1v) is 5.49. The van der Waals surface area contributed by atoms with Gasteiger partial charge in [-0.05, 0) is 24.5 Å². The van der Waals surface area contributed by atoms with Gasteiger partial charge in [0.2, 0.25) is 0 Å². The molecule has 0 aliphatic carbocycles. The Hall–Kier alpha value is -1.68. The number of imidazole rings is 1. The highest BCUT2D eigenvalue weighted by Crippen LogP contribution is 2.13. The first-order valence-electron chi connectivity index (χ1n) is 5.49. The van der Waals surface area contributed by atoms with Crippen LogP contribution in [0.3, 0.4) is 0 Å². The number of nitrogens with two attached hydrogens (primary N) is 1. The van der Waals surface area contributed by atoms with Crippen molar-refractivity contribution in [3.05, 3.63) is 42.6 Å². The second-order valence-corrected chi connectivity index (χ2v) is 3.83. The van der Waals surface area contributed by atoms with Crippen LogP contribution in [0.15, 0.2) is 37.1 Å². The fourth-order valence-electron chi connectivity index (χ4n) is 1.63. The Labute approximate surface area is 95.1 Å². The van der Waals surface area contributed by atoms with Crippen LogP contribution in [-0.4, -0.2) is 20.6 Å². The Balaban J connectivity index is 2.31. The second-order valence-electron chi connectivity index (χ2n) is 3.83. The number of hydrogen-bond donors (Lipinski definition) is 1. The van der Waals surface area contributed by atoms with Crippen molar-refractivity contribution < 1.29 is 0 Å². The minimum absolute atomic E-state index is 0.187. The molecular weight excluding hydrogens is 200 g/mol. The van der Waals surface area contributed by atoms with Gasteiger partial charge in [-0.1, -0.05) is 13.0 Å². The molecule has 84 valence electrons. The third-order valence-electron chi connectivity index (χ3n) is 2.62. The van der Waals surface area contributed by atoms with Gasteiger partial charge in [0.25, 0.3) is 0 Å². The van der Waals surface area contributed by atoms with E-state index in [1.165, 1.54) is 0 Å². The molecule has 2 rings (SSSR count). The first kappa shape index (κ1) is 10.8. The fraction of sp³-hybridized carbons (Fsp3) is 0.333. The summed E-state index contributed by atoms with van der Waals surface area (Å²) in [5.41, 5.74) is 7.14. The minimum atomic E-state index is 0.187. The normalized spacial score (nSPS) is 12.6. The molecule has 2 heterocycles. The Kier molecular flexibility index (Phi) is 3.31. The van der Waals surface area contributed by atoms with Crippen molar-refractivity contribution in [3.8, 4) is 5.82 Å². The maximum Gasteiger partial charge on any atom is 0.141 e. The van der Waals surface area contributed by atoms with Crippen LogP contribution in [0.2, 0.25) is 0 Å². The van der Waals surface area contributed by atoms with Crippen LogP contribution in [0.25, 0.3) is 5.82 Å². The zero-order valence-electron chi connectivity index (χ0n) is 9.37. The highest BCUT2D eigenvalue weighted by Gasteiger charge is 2.08. The minimum Gasteiger partial charge on any atom is -0.327 e. The van der Waals surface area contributed by atoms with Gasteiger partial charge >= 0.3 is 0 Å². The highest BCUT2D eigenvalue weighted by atomic mass is 15.1. The summed E-state index contributed by atoms with van der Waals surface area (Å²) >= 11 is 0. The lowest BCUT2D eigenvalue weighted by Crippen LogP contribution is -2.22. The largest absolute Gasteiger partial charge is 0.327 e. The standard InChI is InChI=1S/C12H16N4/c1-2-11(13)8-10-4-3-5-15-12(10)16-7-6-14-9-16/h3-7,9,11H,2,8,13H2,1H3. The molecule has 4 heteroatoms. The van der Waals surface area contributed by atoms with Crippen LogP contribution in [0.5, 0.6) is 0 Å². The smallest absolute Gasteiger partial charge is 0.141 e. The monoisotopic (exact) mass is 216 g/mol.